The molecule has 0 aliphatic heterocycles. The highest BCUT2D eigenvalue weighted by molar-refractivity contribution is 7.99. The van der Waals surface area contributed by atoms with Crippen molar-refractivity contribution in [2.75, 3.05) is 19.4 Å². The van der Waals surface area contributed by atoms with E-state index in [-0.39, 0.29) is 17.7 Å². The second kappa shape index (κ2) is 11.4. The molecule has 0 aliphatic rings. The summed E-state index contributed by atoms with van der Waals surface area (Å²) in [6.45, 7) is 4.42. The lowest BCUT2D eigenvalue weighted by Crippen LogP contribution is -2.49. The topological polar surface area (TPSA) is 67.4 Å². The van der Waals surface area contributed by atoms with E-state index in [0.29, 0.717) is 17.9 Å². The molecule has 0 saturated carbocycles. The Kier molecular flexibility index (Phi) is 8.88. The van der Waals surface area contributed by atoms with Crippen LogP contribution in [-0.2, 0) is 4.79 Å². The minimum Gasteiger partial charge on any atom is -0.497 e. The van der Waals surface area contributed by atoms with Crippen LogP contribution in [0.25, 0.3) is 0 Å². The maximum atomic E-state index is 12.5. The predicted octanol–water partition coefficient (Wildman–Crippen LogP) is 3.75. The highest BCUT2D eigenvalue weighted by Gasteiger charge is 2.24. The van der Waals surface area contributed by atoms with Gasteiger partial charge in [0.2, 0.25) is 5.91 Å². The Labute approximate surface area is 171 Å². The number of nitrogens with one attached hydrogen (secondary N) is 2. The number of carbonyl (C=O) groups excluding carboxylic acids is 2. The number of thioether (sulfide) groups is 1. The van der Waals surface area contributed by atoms with Crippen LogP contribution in [0.5, 0.6) is 5.75 Å². The second-order valence-electron chi connectivity index (χ2n) is 6.73. The fourth-order valence-electron chi connectivity index (χ4n) is 2.60. The molecule has 2 rings (SSSR count). The third-order valence-corrected chi connectivity index (χ3v) is 5.32. The second-order valence-corrected chi connectivity index (χ2v) is 7.90. The molecule has 6 heteroatoms. The maximum Gasteiger partial charge on any atom is 0.251 e. The molecule has 2 aromatic carbocycles. The van der Waals surface area contributed by atoms with E-state index < -0.39 is 6.04 Å². The molecular formula is C22H28N2O3S. The summed E-state index contributed by atoms with van der Waals surface area (Å²) in [5.41, 5.74) is 0.499. The molecule has 2 aromatic rings. The average molecular weight is 401 g/mol. The van der Waals surface area contributed by atoms with Gasteiger partial charge in [0.25, 0.3) is 5.91 Å². The number of hydrogen-bond donors (Lipinski definition) is 2. The lowest BCUT2D eigenvalue weighted by molar-refractivity contribution is -0.123. The quantitative estimate of drug-likeness (QED) is 0.471. The number of ether oxygens (including phenoxy) is 1. The van der Waals surface area contributed by atoms with Crippen LogP contribution in [0.3, 0.4) is 0 Å². The monoisotopic (exact) mass is 400 g/mol. The summed E-state index contributed by atoms with van der Waals surface area (Å²) in [5, 5.41) is 5.78. The third-order valence-electron chi connectivity index (χ3n) is 4.22. The lowest BCUT2D eigenvalue weighted by atomic mass is 10.0. The number of hydrogen-bond acceptors (Lipinski definition) is 4. The Balaban J connectivity index is 1.79. The van der Waals surface area contributed by atoms with Crippen LogP contribution in [0.1, 0.15) is 30.6 Å². The molecule has 1 unspecified atom stereocenters. The van der Waals surface area contributed by atoms with E-state index in [9.17, 15) is 9.59 Å². The van der Waals surface area contributed by atoms with Crippen molar-refractivity contribution in [1.82, 2.24) is 10.6 Å². The normalized spacial score (nSPS) is 11.7. The van der Waals surface area contributed by atoms with E-state index >= 15 is 0 Å². The molecule has 0 bridgehead atoms. The first kappa shape index (κ1) is 21.8. The van der Waals surface area contributed by atoms with Gasteiger partial charge < -0.3 is 15.4 Å². The molecule has 0 aliphatic carbocycles. The van der Waals surface area contributed by atoms with Gasteiger partial charge in [-0.2, -0.15) is 0 Å². The van der Waals surface area contributed by atoms with Gasteiger partial charge in [-0.1, -0.05) is 32.0 Å². The Hall–Kier alpha value is -2.47. The average Bonchev–Trinajstić information content (AvgIpc) is 2.72. The number of methoxy groups -OCH3 is 1. The van der Waals surface area contributed by atoms with Gasteiger partial charge in [0, 0.05) is 17.0 Å². The molecule has 1 atom stereocenters. The summed E-state index contributed by atoms with van der Waals surface area (Å²) < 4.78 is 5.10. The molecule has 0 saturated heterocycles. The Morgan fingerprint density at radius 3 is 2.32 bits per heavy atom. The van der Waals surface area contributed by atoms with Crippen LogP contribution in [0, 0.1) is 5.92 Å². The van der Waals surface area contributed by atoms with Crippen LogP contribution in [-0.4, -0.2) is 37.3 Å². The van der Waals surface area contributed by atoms with E-state index in [4.69, 9.17) is 4.74 Å². The van der Waals surface area contributed by atoms with Crippen molar-refractivity contribution in [3.8, 4) is 5.75 Å². The van der Waals surface area contributed by atoms with Crippen molar-refractivity contribution in [3.05, 3.63) is 60.2 Å². The van der Waals surface area contributed by atoms with Crippen LogP contribution < -0.4 is 15.4 Å². The maximum absolute atomic E-state index is 12.5. The molecule has 150 valence electrons. The summed E-state index contributed by atoms with van der Waals surface area (Å²) >= 11 is 1.77. The summed E-state index contributed by atoms with van der Waals surface area (Å²) in [4.78, 5) is 26.2. The van der Waals surface area contributed by atoms with E-state index in [1.807, 2.05) is 32.0 Å². The Morgan fingerprint density at radius 2 is 1.71 bits per heavy atom. The Morgan fingerprint density at radius 1 is 1.04 bits per heavy atom. The molecule has 5 nitrogen and oxygen atoms in total. The van der Waals surface area contributed by atoms with Crippen LogP contribution in [0.4, 0.5) is 0 Å². The minimum atomic E-state index is -0.573. The molecule has 0 aromatic heterocycles. The summed E-state index contributed by atoms with van der Waals surface area (Å²) in [6.07, 6.45) is 0.864. The summed E-state index contributed by atoms with van der Waals surface area (Å²) in [5.74, 6) is 1.18. The molecule has 2 N–H and O–H groups in total. The van der Waals surface area contributed by atoms with Crippen molar-refractivity contribution >= 4 is 23.6 Å². The number of benzene rings is 2. The SMILES string of the molecule is COc1ccc(C(=O)NC(C(=O)NCCCSc2ccccc2)C(C)C)cc1. The van der Waals surface area contributed by atoms with Gasteiger partial charge in [0.05, 0.1) is 7.11 Å². The summed E-state index contributed by atoms with van der Waals surface area (Å²) in [7, 11) is 1.58. The molecule has 0 fully saturated rings. The molecule has 0 radical (unpaired) electrons. The zero-order valence-electron chi connectivity index (χ0n) is 16.6. The van der Waals surface area contributed by atoms with Crippen LogP contribution >= 0.6 is 11.8 Å². The van der Waals surface area contributed by atoms with Gasteiger partial charge >= 0.3 is 0 Å². The van der Waals surface area contributed by atoms with Crippen molar-refractivity contribution in [3.63, 3.8) is 0 Å². The van der Waals surface area contributed by atoms with Gasteiger partial charge in [-0.05, 0) is 54.5 Å². The van der Waals surface area contributed by atoms with E-state index in [2.05, 4.69) is 22.8 Å². The van der Waals surface area contributed by atoms with Gasteiger partial charge in [0.1, 0.15) is 11.8 Å². The minimum absolute atomic E-state index is 0.0131. The highest BCUT2D eigenvalue weighted by Crippen LogP contribution is 2.17. The van der Waals surface area contributed by atoms with Crippen molar-refractivity contribution in [2.45, 2.75) is 31.2 Å². The fourth-order valence-corrected chi connectivity index (χ4v) is 3.48. The molecule has 2 amide bonds. The van der Waals surface area contributed by atoms with Crippen LogP contribution in [0.2, 0.25) is 0 Å². The van der Waals surface area contributed by atoms with E-state index in [1.54, 1.807) is 43.1 Å². The molecule has 28 heavy (non-hydrogen) atoms. The number of amides is 2. The third kappa shape index (κ3) is 6.93. The summed E-state index contributed by atoms with van der Waals surface area (Å²) in [6, 6.07) is 16.4. The standard InChI is InChI=1S/C22H28N2O3S/c1-16(2)20(24-21(25)17-10-12-18(27-3)13-11-17)22(26)23-14-7-15-28-19-8-5-4-6-9-19/h4-6,8-13,16,20H,7,14-15H2,1-3H3,(H,23,26)(H,24,25). The smallest absolute Gasteiger partial charge is 0.251 e. The van der Waals surface area contributed by atoms with Gasteiger partial charge in [-0.25, -0.2) is 0 Å². The first-order valence-corrected chi connectivity index (χ1v) is 10.4. The van der Waals surface area contributed by atoms with Crippen molar-refractivity contribution in [2.24, 2.45) is 5.92 Å². The van der Waals surface area contributed by atoms with Gasteiger partial charge in [-0.3, -0.25) is 9.59 Å². The van der Waals surface area contributed by atoms with E-state index in [1.165, 1.54) is 4.90 Å². The molecule has 0 heterocycles. The van der Waals surface area contributed by atoms with Gasteiger partial charge in [-0.15, -0.1) is 11.8 Å². The Bertz CT molecular complexity index is 748. The first-order valence-electron chi connectivity index (χ1n) is 9.41. The first-order chi connectivity index (χ1) is 13.5. The van der Waals surface area contributed by atoms with Crippen LogP contribution in [0.15, 0.2) is 59.5 Å². The molecular weight excluding hydrogens is 372 g/mol. The van der Waals surface area contributed by atoms with E-state index in [0.717, 1.165) is 12.2 Å². The number of carbonyl (C=O) groups is 2. The zero-order chi connectivity index (χ0) is 20.4. The predicted molar refractivity (Wildman–Crippen MR) is 114 cm³/mol. The highest BCUT2D eigenvalue weighted by atomic mass is 32.2. The zero-order valence-corrected chi connectivity index (χ0v) is 17.4. The van der Waals surface area contributed by atoms with Gasteiger partial charge in [0.15, 0.2) is 0 Å². The van der Waals surface area contributed by atoms with Crippen molar-refractivity contribution in [1.29, 1.82) is 0 Å². The lowest BCUT2D eigenvalue weighted by Gasteiger charge is -2.22. The fraction of sp³-hybridized carbons (Fsp3) is 0.364. The van der Waals surface area contributed by atoms with Crippen molar-refractivity contribution < 1.29 is 14.3 Å². The number of rotatable bonds is 10. The molecule has 0 spiro atoms. The largest absolute Gasteiger partial charge is 0.497 e.